The molecule has 0 aliphatic rings. The van der Waals surface area contributed by atoms with Crippen LogP contribution in [0.1, 0.15) is 30.7 Å². The number of nitriles is 1. The van der Waals surface area contributed by atoms with Crippen molar-refractivity contribution in [1.29, 1.82) is 5.26 Å². The molecule has 1 aromatic heterocycles. The Morgan fingerprint density at radius 1 is 1.44 bits per heavy atom. The Labute approximate surface area is 115 Å². The molecule has 2 aromatic rings. The minimum atomic E-state index is 0.0771. The number of nitrogens with one attached hydrogen (secondary N) is 1. The predicted molar refractivity (Wildman–Crippen MR) is 74.2 cm³/mol. The summed E-state index contributed by atoms with van der Waals surface area (Å²) in [6, 6.07) is 11.7. The SMILES string of the molecule is CCC(Nc1ccc(Br)cc1C#N)c1ccco1. The van der Waals surface area contributed by atoms with Crippen LogP contribution in [-0.2, 0) is 0 Å². The van der Waals surface area contributed by atoms with Gasteiger partial charge in [0.05, 0.1) is 23.6 Å². The van der Waals surface area contributed by atoms with E-state index in [2.05, 4.69) is 34.2 Å². The normalized spacial score (nSPS) is 11.8. The molecular formula is C14H13BrN2O. The number of benzene rings is 1. The Hall–Kier alpha value is -1.73. The molecule has 1 aromatic carbocycles. The topological polar surface area (TPSA) is 49.0 Å². The fourth-order valence-corrected chi connectivity index (χ4v) is 2.15. The lowest BCUT2D eigenvalue weighted by atomic mass is 10.1. The molecule has 0 saturated carbocycles. The molecule has 0 radical (unpaired) electrons. The zero-order chi connectivity index (χ0) is 13.0. The van der Waals surface area contributed by atoms with E-state index in [1.165, 1.54) is 0 Å². The fraction of sp³-hybridized carbons (Fsp3) is 0.214. The van der Waals surface area contributed by atoms with Gasteiger partial charge in [-0.1, -0.05) is 22.9 Å². The fourth-order valence-electron chi connectivity index (χ4n) is 1.79. The van der Waals surface area contributed by atoms with Gasteiger partial charge >= 0.3 is 0 Å². The second-order valence-corrected chi connectivity index (χ2v) is 4.84. The van der Waals surface area contributed by atoms with Gasteiger partial charge in [-0.05, 0) is 36.8 Å². The molecule has 1 heterocycles. The first-order valence-electron chi connectivity index (χ1n) is 5.74. The number of nitrogens with zero attached hydrogens (tertiary/aromatic N) is 1. The first-order valence-corrected chi connectivity index (χ1v) is 6.53. The summed E-state index contributed by atoms with van der Waals surface area (Å²) in [5.74, 6) is 0.879. The summed E-state index contributed by atoms with van der Waals surface area (Å²) in [6.45, 7) is 2.07. The summed E-state index contributed by atoms with van der Waals surface area (Å²) in [5.41, 5.74) is 1.44. The molecule has 92 valence electrons. The third-order valence-electron chi connectivity index (χ3n) is 2.73. The molecule has 0 saturated heterocycles. The number of hydrogen-bond acceptors (Lipinski definition) is 3. The standard InChI is InChI=1S/C14H13BrN2O/c1-2-12(14-4-3-7-18-14)17-13-6-5-11(15)8-10(13)9-16/h3-8,12,17H,2H2,1H3. The third-order valence-corrected chi connectivity index (χ3v) is 3.22. The zero-order valence-corrected chi connectivity index (χ0v) is 11.6. The summed E-state index contributed by atoms with van der Waals surface area (Å²) in [6.07, 6.45) is 2.54. The average molecular weight is 305 g/mol. The average Bonchev–Trinajstić information content (AvgIpc) is 2.91. The number of furan rings is 1. The van der Waals surface area contributed by atoms with E-state index < -0.39 is 0 Å². The molecule has 3 nitrogen and oxygen atoms in total. The van der Waals surface area contributed by atoms with E-state index in [0.717, 1.165) is 22.3 Å². The quantitative estimate of drug-likeness (QED) is 0.906. The van der Waals surface area contributed by atoms with Crippen LogP contribution in [0.2, 0.25) is 0 Å². The van der Waals surface area contributed by atoms with Gasteiger partial charge in [-0.3, -0.25) is 0 Å². The van der Waals surface area contributed by atoms with E-state index in [9.17, 15) is 0 Å². The van der Waals surface area contributed by atoms with E-state index >= 15 is 0 Å². The maximum Gasteiger partial charge on any atom is 0.125 e. The maximum atomic E-state index is 9.12. The monoisotopic (exact) mass is 304 g/mol. The molecule has 2 rings (SSSR count). The summed E-state index contributed by atoms with van der Waals surface area (Å²) >= 11 is 3.36. The molecule has 0 spiro atoms. The lowest BCUT2D eigenvalue weighted by Crippen LogP contribution is -2.09. The number of hydrogen-bond donors (Lipinski definition) is 1. The Kier molecular flexibility index (Phi) is 4.06. The summed E-state index contributed by atoms with van der Waals surface area (Å²) in [7, 11) is 0. The van der Waals surface area contributed by atoms with Gasteiger partial charge in [-0.2, -0.15) is 5.26 Å². The van der Waals surface area contributed by atoms with Gasteiger partial charge in [0.25, 0.3) is 0 Å². The van der Waals surface area contributed by atoms with Crippen LogP contribution >= 0.6 is 15.9 Å². The number of halogens is 1. The summed E-state index contributed by atoms with van der Waals surface area (Å²) in [5, 5.41) is 12.5. The number of rotatable bonds is 4. The Morgan fingerprint density at radius 3 is 2.89 bits per heavy atom. The maximum absolute atomic E-state index is 9.12. The van der Waals surface area contributed by atoms with E-state index in [1.54, 1.807) is 12.3 Å². The third kappa shape index (κ3) is 2.74. The van der Waals surface area contributed by atoms with Crippen molar-refractivity contribution in [2.45, 2.75) is 19.4 Å². The molecular weight excluding hydrogens is 292 g/mol. The smallest absolute Gasteiger partial charge is 0.125 e. The minimum absolute atomic E-state index is 0.0771. The van der Waals surface area contributed by atoms with Crippen molar-refractivity contribution in [2.75, 3.05) is 5.32 Å². The van der Waals surface area contributed by atoms with Crippen molar-refractivity contribution < 1.29 is 4.42 Å². The van der Waals surface area contributed by atoms with Crippen molar-refractivity contribution in [3.63, 3.8) is 0 Å². The highest BCUT2D eigenvalue weighted by Crippen LogP contribution is 2.26. The van der Waals surface area contributed by atoms with Gasteiger partial charge in [0.15, 0.2) is 0 Å². The van der Waals surface area contributed by atoms with Crippen LogP contribution in [-0.4, -0.2) is 0 Å². The zero-order valence-electron chi connectivity index (χ0n) is 9.98. The van der Waals surface area contributed by atoms with Crippen molar-refractivity contribution in [2.24, 2.45) is 0 Å². The van der Waals surface area contributed by atoms with Crippen LogP contribution in [0.5, 0.6) is 0 Å². The molecule has 0 fully saturated rings. The summed E-state index contributed by atoms with van der Waals surface area (Å²) < 4.78 is 6.30. The minimum Gasteiger partial charge on any atom is -0.467 e. The van der Waals surface area contributed by atoms with Crippen LogP contribution in [0.3, 0.4) is 0 Å². The molecule has 0 aliphatic carbocycles. The van der Waals surface area contributed by atoms with Crippen molar-refractivity contribution in [3.8, 4) is 6.07 Å². The lowest BCUT2D eigenvalue weighted by Gasteiger charge is -2.17. The molecule has 18 heavy (non-hydrogen) atoms. The molecule has 0 amide bonds. The van der Waals surface area contributed by atoms with Crippen LogP contribution in [0.4, 0.5) is 5.69 Å². The largest absolute Gasteiger partial charge is 0.467 e. The van der Waals surface area contributed by atoms with Gasteiger partial charge in [0.1, 0.15) is 11.8 Å². The van der Waals surface area contributed by atoms with Crippen molar-refractivity contribution in [3.05, 3.63) is 52.4 Å². The molecule has 1 unspecified atom stereocenters. The molecule has 0 bridgehead atoms. The molecule has 1 atom stereocenters. The molecule has 0 aliphatic heterocycles. The van der Waals surface area contributed by atoms with Crippen LogP contribution in [0.25, 0.3) is 0 Å². The highest BCUT2D eigenvalue weighted by atomic mass is 79.9. The van der Waals surface area contributed by atoms with Gasteiger partial charge < -0.3 is 9.73 Å². The van der Waals surface area contributed by atoms with E-state index in [0.29, 0.717) is 5.56 Å². The van der Waals surface area contributed by atoms with Gasteiger partial charge in [0.2, 0.25) is 0 Å². The van der Waals surface area contributed by atoms with E-state index in [-0.39, 0.29) is 6.04 Å². The number of anilines is 1. The Balaban J connectivity index is 2.25. The van der Waals surface area contributed by atoms with Crippen LogP contribution < -0.4 is 5.32 Å². The van der Waals surface area contributed by atoms with E-state index in [4.69, 9.17) is 9.68 Å². The molecule has 4 heteroatoms. The predicted octanol–water partition coefficient (Wildman–Crippen LogP) is 4.48. The molecule has 1 N–H and O–H groups in total. The van der Waals surface area contributed by atoms with Gasteiger partial charge in [-0.15, -0.1) is 0 Å². The van der Waals surface area contributed by atoms with Crippen LogP contribution in [0, 0.1) is 11.3 Å². The highest BCUT2D eigenvalue weighted by Gasteiger charge is 2.13. The first kappa shape index (κ1) is 12.7. The second-order valence-electron chi connectivity index (χ2n) is 3.92. The Bertz CT molecular complexity index is 558. The lowest BCUT2D eigenvalue weighted by molar-refractivity contribution is 0.474. The van der Waals surface area contributed by atoms with Crippen molar-refractivity contribution >= 4 is 21.6 Å². The first-order chi connectivity index (χ1) is 8.74. The van der Waals surface area contributed by atoms with Gasteiger partial charge in [-0.25, -0.2) is 0 Å². The van der Waals surface area contributed by atoms with E-state index in [1.807, 2.05) is 24.3 Å². The highest BCUT2D eigenvalue weighted by molar-refractivity contribution is 9.10. The summed E-state index contributed by atoms with van der Waals surface area (Å²) in [4.78, 5) is 0. The van der Waals surface area contributed by atoms with Crippen LogP contribution in [0.15, 0.2) is 45.5 Å². The Morgan fingerprint density at radius 2 is 2.28 bits per heavy atom. The van der Waals surface area contributed by atoms with Gasteiger partial charge in [0, 0.05) is 4.47 Å². The second kappa shape index (κ2) is 5.74. The van der Waals surface area contributed by atoms with Crippen molar-refractivity contribution in [1.82, 2.24) is 0 Å².